The van der Waals surface area contributed by atoms with Gasteiger partial charge in [0.05, 0.1) is 0 Å². The molecule has 1 heterocycles. The predicted molar refractivity (Wildman–Crippen MR) is 90.8 cm³/mol. The van der Waals surface area contributed by atoms with Crippen molar-refractivity contribution in [2.75, 3.05) is 6.35 Å². The third kappa shape index (κ3) is 2.49. The van der Waals surface area contributed by atoms with Gasteiger partial charge in [-0.15, -0.1) is 0 Å². The molecule has 1 aliphatic carbocycles. The van der Waals surface area contributed by atoms with Gasteiger partial charge in [0.2, 0.25) is 0 Å². The smallest absolute Gasteiger partial charge is 0.128 e. The summed E-state index contributed by atoms with van der Waals surface area (Å²) in [4.78, 5) is 0. The summed E-state index contributed by atoms with van der Waals surface area (Å²) >= 11 is 0. The first-order chi connectivity index (χ1) is 10.4. The van der Waals surface area contributed by atoms with E-state index in [0.29, 0.717) is 0 Å². The maximum Gasteiger partial charge on any atom is 0.128 e. The average Bonchev–Trinajstić information content (AvgIpc) is 3.00. The lowest BCUT2D eigenvalue weighted by Gasteiger charge is -2.27. The normalized spacial score (nSPS) is 21.8. The molecular weight excluding hydrogens is 275 g/mol. The first-order valence-electron chi connectivity index (χ1n) is 8.01. The van der Waals surface area contributed by atoms with Crippen molar-refractivity contribution in [3.05, 3.63) is 48.5 Å². The Morgan fingerprint density at radius 2 is 1.67 bits per heavy atom. The minimum Gasteiger partial charge on any atom is -0.488 e. The molecule has 2 aliphatic rings. The Labute approximate surface area is 128 Å². The van der Waals surface area contributed by atoms with Gasteiger partial charge in [0, 0.05) is 5.30 Å². The molecule has 2 aromatic carbocycles. The van der Waals surface area contributed by atoms with Crippen LogP contribution in [0.3, 0.4) is 0 Å². The second-order valence-corrected chi connectivity index (χ2v) is 8.43. The van der Waals surface area contributed by atoms with Crippen molar-refractivity contribution < 1.29 is 4.74 Å². The van der Waals surface area contributed by atoms with Crippen LogP contribution >= 0.6 is 7.92 Å². The standard InChI is InChI=1S/C19H21OP/c1-3-8-15(9-4-1)17-12-7-13-18-19(17)21(14-20-18)16-10-5-2-6-11-16/h1,3-4,7-9,12-13,16H,2,5-6,10-11,14H2/t21-/m0/s1. The fraction of sp³-hybridized carbons (Fsp3) is 0.368. The molecule has 2 heteroatoms. The molecular formula is C19H21OP. The first-order valence-corrected chi connectivity index (χ1v) is 9.61. The Kier molecular flexibility index (Phi) is 3.69. The molecule has 0 radical (unpaired) electrons. The molecule has 1 nitrogen and oxygen atoms in total. The van der Waals surface area contributed by atoms with Crippen LogP contribution in [-0.4, -0.2) is 12.0 Å². The highest BCUT2D eigenvalue weighted by Crippen LogP contribution is 2.54. The quantitative estimate of drug-likeness (QED) is 0.697. The molecule has 0 unspecified atom stereocenters. The highest BCUT2D eigenvalue weighted by atomic mass is 31.1. The predicted octanol–water partition coefficient (Wildman–Crippen LogP) is 5.14. The minimum absolute atomic E-state index is 0.146. The summed E-state index contributed by atoms with van der Waals surface area (Å²) < 4.78 is 6.06. The van der Waals surface area contributed by atoms with Crippen LogP contribution in [0.5, 0.6) is 5.75 Å². The van der Waals surface area contributed by atoms with Crippen LogP contribution in [-0.2, 0) is 0 Å². The molecule has 0 spiro atoms. The summed E-state index contributed by atoms with van der Waals surface area (Å²) in [5.74, 6) is 1.15. The van der Waals surface area contributed by atoms with E-state index in [1.54, 1.807) is 0 Å². The van der Waals surface area contributed by atoms with Gasteiger partial charge in [0.25, 0.3) is 0 Å². The van der Waals surface area contributed by atoms with E-state index in [2.05, 4.69) is 48.5 Å². The molecule has 1 aliphatic heterocycles. The Morgan fingerprint density at radius 3 is 2.48 bits per heavy atom. The molecule has 108 valence electrons. The van der Waals surface area contributed by atoms with Crippen LogP contribution in [0.25, 0.3) is 11.1 Å². The van der Waals surface area contributed by atoms with E-state index in [9.17, 15) is 0 Å². The average molecular weight is 296 g/mol. The van der Waals surface area contributed by atoms with Gasteiger partial charge < -0.3 is 4.74 Å². The molecule has 0 amide bonds. The Balaban J connectivity index is 1.76. The second kappa shape index (κ2) is 5.81. The minimum atomic E-state index is -0.146. The maximum atomic E-state index is 6.06. The largest absolute Gasteiger partial charge is 0.488 e. The van der Waals surface area contributed by atoms with Gasteiger partial charge >= 0.3 is 0 Å². The van der Waals surface area contributed by atoms with Crippen molar-refractivity contribution in [1.29, 1.82) is 0 Å². The fourth-order valence-electron chi connectivity index (χ4n) is 3.67. The lowest BCUT2D eigenvalue weighted by molar-refractivity contribution is 0.399. The van der Waals surface area contributed by atoms with E-state index < -0.39 is 0 Å². The molecule has 0 bridgehead atoms. The number of rotatable bonds is 2. The summed E-state index contributed by atoms with van der Waals surface area (Å²) in [7, 11) is -0.146. The third-order valence-electron chi connectivity index (χ3n) is 4.75. The van der Waals surface area contributed by atoms with Gasteiger partial charge in [-0.25, -0.2) is 0 Å². The van der Waals surface area contributed by atoms with E-state index >= 15 is 0 Å². The maximum absolute atomic E-state index is 6.06. The summed E-state index contributed by atoms with van der Waals surface area (Å²) in [6.07, 6.45) is 7.99. The molecule has 1 atom stereocenters. The van der Waals surface area contributed by atoms with Gasteiger partial charge in [0.1, 0.15) is 12.1 Å². The number of ether oxygens (including phenoxy) is 1. The second-order valence-electron chi connectivity index (χ2n) is 6.05. The SMILES string of the molecule is c1ccc(-c2cccc3c2[P@](C2CCCCC2)CO3)cc1. The molecule has 0 saturated heterocycles. The van der Waals surface area contributed by atoms with Crippen LogP contribution in [0, 0.1) is 0 Å². The Bertz CT molecular complexity index is 617. The first kappa shape index (κ1) is 13.3. The summed E-state index contributed by atoms with van der Waals surface area (Å²) in [6.45, 7) is 0. The van der Waals surface area contributed by atoms with Crippen molar-refractivity contribution in [2.24, 2.45) is 0 Å². The molecule has 2 aromatic rings. The molecule has 4 rings (SSSR count). The van der Waals surface area contributed by atoms with Crippen molar-refractivity contribution >= 4 is 13.2 Å². The van der Waals surface area contributed by atoms with Crippen molar-refractivity contribution in [1.82, 2.24) is 0 Å². The zero-order chi connectivity index (χ0) is 14.1. The van der Waals surface area contributed by atoms with Gasteiger partial charge in [-0.05, 0) is 43.6 Å². The van der Waals surface area contributed by atoms with Crippen molar-refractivity contribution in [3.63, 3.8) is 0 Å². The molecule has 0 N–H and O–H groups in total. The van der Waals surface area contributed by atoms with Gasteiger partial charge in [-0.3, -0.25) is 0 Å². The lowest BCUT2D eigenvalue weighted by atomic mass is 10.0. The number of fused-ring (bicyclic) bond motifs is 1. The monoisotopic (exact) mass is 296 g/mol. The van der Waals surface area contributed by atoms with Crippen LogP contribution in [0.2, 0.25) is 0 Å². The van der Waals surface area contributed by atoms with E-state index in [0.717, 1.165) is 17.8 Å². The number of hydrogen-bond donors (Lipinski definition) is 0. The highest BCUT2D eigenvalue weighted by molar-refractivity contribution is 7.67. The summed E-state index contributed by atoms with van der Waals surface area (Å²) in [6, 6.07) is 17.4. The van der Waals surface area contributed by atoms with Crippen LogP contribution in [0.15, 0.2) is 48.5 Å². The number of hydrogen-bond acceptors (Lipinski definition) is 1. The molecule has 0 aromatic heterocycles. The Hall–Kier alpha value is -1.33. The van der Waals surface area contributed by atoms with E-state index in [1.165, 1.54) is 48.5 Å². The fourth-order valence-corrected chi connectivity index (χ4v) is 6.58. The number of benzene rings is 2. The highest BCUT2D eigenvalue weighted by Gasteiger charge is 2.33. The van der Waals surface area contributed by atoms with E-state index in [1.807, 2.05) is 0 Å². The third-order valence-corrected chi connectivity index (χ3v) is 7.59. The molecule has 21 heavy (non-hydrogen) atoms. The Morgan fingerprint density at radius 1 is 0.857 bits per heavy atom. The van der Waals surface area contributed by atoms with Crippen LogP contribution in [0.1, 0.15) is 32.1 Å². The topological polar surface area (TPSA) is 9.23 Å². The van der Waals surface area contributed by atoms with Crippen LogP contribution in [0.4, 0.5) is 0 Å². The van der Waals surface area contributed by atoms with Gasteiger partial charge in [0.15, 0.2) is 0 Å². The summed E-state index contributed by atoms with van der Waals surface area (Å²) in [5, 5.41) is 1.53. The van der Waals surface area contributed by atoms with E-state index in [-0.39, 0.29) is 7.92 Å². The zero-order valence-corrected chi connectivity index (χ0v) is 13.2. The van der Waals surface area contributed by atoms with Gasteiger partial charge in [-0.1, -0.05) is 61.7 Å². The van der Waals surface area contributed by atoms with Crippen molar-refractivity contribution in [3.8, 4) is 16.9 Å². The molecule has 1 fully saturated rings. The lowest BCUT2D eigenvalue weighted by Crippen LogP contribution is -2.17. The zero-order valence-electron chi connectivity index (χ0n) is 12.3. The van der Waals surface area contributed by atoms with Crippen LogP contribution < -0.4 is 10.0 Å². The van der Waals surface area contributed by atoms with Gasteiger partial charge in [-0.2, -0.15) is 0 Å². The summed E-state index contributed by atoms with van der Waals surface area (Å²) in [5.41, 5.74) is 3.62. The van der Waals surface area contributed by atoms with Crippen molar-refractivity contribution in [2.45, 2.75) is 37.8 Å². The van der Waals surface area contributed by atoms with E-state index in [4.69, 9.17) is 4.74 Å². The molecule has 1 saturated carbocycles.